The molecule has 0 unspecified atom stereocenters. The summed E-state index contributed by atoms with van der Waals surface area (Å²) in [6.07, 6.45) is 6.99. The van der Waals surface area contributed by atoms with Gasteiger partial charge in [-0.2, -0.15) is 0 Å². The second-order valence-corrected chi connectivity index (χ2v) is 4.53. The molecular weight excluding hydrogens is 242 g/mol. The number of Topliss-reactive ketones (excluding diaryl/α,β-unsaturated/α-hetero) is 1. The molecule has 2 N–H and O–H groups in total. The Hall–Kier alpha value is -2.43. The highest BCUT2D eigenvalue weighted by molar-refractivity contribution is 6.13. The Morgan fingerprint density at radius 3 is 3.05 bits per heavy atom. The summed E-state index contributed by atoms with van der Waals surface area (Å²) in [5.41, 5.74) is 2.45. The summed E-state index contributed by atoms with van der Waals surface area (Å²) in [5.74, 6) is -0.236. The van der Waals surface area contributed by atoms with Crippen molar-refractivity contribution in [3.05, 3.63) is 47.5 Å². The summed E-state index contributed by atoms with van der Waals surface area (Å²) in [5, 5.41) is 2.74. The van der Waals surface area contributed by atoms with Crippen molar-refractivity contribution < 1.29 is 9.59 Å². The molecule has 0 saturated heterocycles. The van der Waals surface area contributed by atoms with Crippen LogP contribution in [0, 0.1) is 0 Å². The van der Waals surface area contributed by atoms with Crippen molar-refractivity contribution in [3.8, 4) is 0 Å². The normalized spacial score (nSPS) is 14.0. The first-order valence-electron chi connectivity index (χ1n) is 6.20. The van der Waals surface area contributed by atoms with E-state index in [1.807, 2.05) is 0 Å². The molecule has 5 nitrogen and oxygen atoms in total. The van der Waals surface area contributed by atoms with E-state index in [4.69, 9.17) is 0 Å². The Balaban J connectivity index is 1.89. The lowest BCUT2D eigenvalue weighted by Gasteiger charge is -2.11. The Bertz CT molecular complexity index is 631. The number of nitrogens with one attached hydrogen (secondary N) is 2. The van der Waals surface area contributed by atoms with Crippen LogP contribution in [0.4, 0.5) is 5.69 Å². The van der Waals surface area contributed by atoms with E-state index in [2.05, 4.69) is 15.3 Å². The van der Waals surface area contributed by atoms with Crippen LogP contribution in [0.25, 0.3) is 0 Å². The summed E-state index contributed by atoms with van der Waals surface area (Å²) in [6, 6.07) is 3.50. The summed E-state index contributed by atoms with van der Waals surface area (Å²) >= 11 is 0. The van der Waals surface area contributed by atoms with Crippen molar-refractivity contribution in [1.29, 1.82) is 0 Å². The van der Waals surface area contributed by atoms with E-state index >= 15 is 0 Å². The number of anilines is 1. The van der Waals surface area contributed by atoms with Crippen molar-refractivity contribution >= 4 is 17.4 Å². The minimum atomic E-state index is -0.277. The molecule has 3 rings (SSSR count). The fourth-order valence-corrected chi connectivity index (χ4v) is 2.35. The highest BCUT2D eigenvalue weighted by Crippen LogP contribution is 2.24. The first-order valence-corrected chi connectivity index (χ1v) is 6.20. The van der Waals surface area contributed by atoms with Crippen LogP contribution in [-0.4, -0.2) is 21.7 Å². The number of fused-ring (bicyclic) bond motifs is 1. The Morgan fingerprint density at radius 2 is 2.26 bits per heavy atom. The molecule has 2 aromatic heterocycles. The zero-order chi connectivity index (χ0) is 13.2. The number of amides is 1. The standard InChI is InChI=1S/C14H13N3O2/c18-12-5-1-4-11-13(12)10(8-16-11)14(19)17-9-3-2-6-15-7-9/h2-3,6-8,16H,1,4-5H2,(H,17,19). The second-order valence-electron chi connectivity index (χ2n) is 4.53. The maximum Gasteiger partial charge on any atom is 0.257 e. The topological polar surface area (TPSA) is 74.8 Å². The van der Waals surface area contributed by atoms with Gasteiger partial charge in [0.15, 0.2) is 5.78 Å². The predicted molar refractivity (Wildman–Crippen MR) is 70.3 cm³/mol. The van der Waals surface area contributed by atoms with E-state index in [-0.39, 0.29) is 11.7 Å². The predicted octanol–water partition coefficient (Wildman–Crippen LogP) is 2.18. The van der Waals surface area contributed by atoms with Crippen LogP contribution in [-0.2, 0) is 6.42 Å². The van der Waals surface area contributed by atoms with Gasteiger partial charge in [-0.05, 0) is 25.0 Å². The van der Waals surface area contributed by atoms with Crippen molar-refractivity contribution in [3.63, 3.8) is 0 Å². The van der Waals surface area contributed by atoms with E-state index in [0.717, 1.165) is 18.5 Å². The monoisotopic (exact) mass is 255 g/mol. The third-order valence-corrected chi connectivity index (χ3v) is 3.24. The van der Waals surface area contributed by atoms with Gasteiger partial charge in [0.25, 0.3) is 5.91 Å². The number of ketones is 1. The number of rotatable bonds is 2. The molecule has 0 aromatic carbocycles. The molecule has 0 aliphatic heterocycles. The second kappa shape index (κ2) is 4.68. The number of aryl methyl sites for hydroxylation is 1. The summed E-state index contributed by atoms with van der Waals surface area (Å²) in [7, 11) is 0. The first-order chi connectivity index (χ1) is 9.25. The van der Waals surface area contributed by atoms with Gasteiger partial charge in [0.05, 0.1) is 23.0 Å². The molecule has 2 heterocycles. The molecule has 0 atom stereocenters. The third-order valence-electron chi connectivity index (χ3n) is 3.24. The molecule has 1 aliphatic rings. The number of aromatic amines is 1. The largest absolute Gasteiger partial charge is 0.364 e. The molecular formula is C14H13N3O2. The number of pyridine rings is 1. The lowest BCUT2D eigenvalue weighted by atomic mass is 9.93. The highest BCUT2D eigenvalue weighted by Gasteiger charge is 2.25. The van der Waals surface area contributed by atoms with E-state index < -0.39 is 0 Å². The van der Waals surface area contributed by atoms with Gasteiger partial charge in [-0.1, -0.05) is 0 Å². The van der Waals surface area contributed by atoms with Crippen molar-refractivity contribution in [2.45, 2.75) is 19.3 Å². The quantitative estimate of drug-likeness (QED) is 0.863. The fraction of sp³-hybridized carbons (Fsp3) is 0.214. The molecule has 0 fully saturated rings. The number of hydrogen-bond donors (Lipinski definition) is 2. The van der Waals surface area contributed by atoms with Crippen molar-refractivity contribution in [2.24, 2.45) is 0 Å². The van der Waals surface area contributed by atoms with Gasteiger partial charge in [0, 0.05) is 24.5 Å². The Kier molecular flexibility index (Phi) is 2.87. The van der Waals surface area contributed by atoms with Gasteiger partial charge < -0.3 is 10.3 Å². The van der Waals surface area contributed by atoms with Gasteiger partial charge in [-0.3, -0.25) is 14.6 Å². The maximum absolute atomic E-state index is 12.2. The minimum absolute atomic E-state index is 0.0406. The van der Waals surface area contributed by atoms with E-state index in [1.165, 1.54) is 0 Å². The SMILES string of the molecule is O=C(Nc1cccnc1)c1c[nH]c2c1C(=O)CCC2. The van der Waals surface area contributed by atoms with E-state index in [0.29, 0.717) is 23.2 Å². The molecule has 0 spiro atoms. The molecule has 19 heavy (non-hydrogen) atoms. The van der Waals surface area contributed by atoms with Crippen LogP contribution < -0.4 is 5.32 Å². The Labute approximate surface area is 110 Å². The fourth-order valence-electron chi connectivity index (χ4n) is 2.35. The molecule has 5 heteroatoms. The zero-order valence-corrected chi connectivity index (χ0v) is 10.3. The first kappa shape index (κ1) is 11.6. The van der Waals surface area contributed by atoms with E-state index in [1.54, 1.807) is 30.7 Å². The van der Waals surface area contributed by atoms with Gasteiger partial charge in [-0.25, -0.2) is 0 Å². The van der Waals surface area contributed by atoms with Crippen LogP contribution in [0.5, 0.6) is 0 Å². The number of carbonyl (C=O) groups excluding carboxylic acids is 2. The van der Waals surface area contributed by atoms with Gasteiger partial charge in [0.1, 0.15) is 0 Å². The third kappa shape index (κ3) is 2.14. The number of hydrogen-bond acceptors (Lipinski definition) is 3. The van der Waals surface area contributed by atoms with Crippen LogP contribution in [0.1, 0.15) is 39.3 Å². The van der Waals surface area contributed by atoms with Gasteiger partial charge in [0.2, 0.25) is 0 Å². The molecule has 96 valence electrons. The van der Waals surface area contributed by atoms with Crippen LogP contribution in [0.3, 0.4) is 0 Å². The number of carbonyl (C=O) groups is 2. The van der Waals surface area contributed by atoms with Crippen molar-refractivity contribution in [2.75, 3.05) is 5.32 Å². The summed E-state index contributed by atoms with van der Waals surface area (Å²) < 4.78 is 0. The molecule has 2 aromatic rings. The average molecular weight is 255 g/mol. The number of H-pyrrole nitrogens is 1. The zero-order valence-electron chi connectivity index (χ0n) is 10.3. The van der Waals surface area contributed by atoms with Gasteiger partial charge >= 0.3 is 0 Å². The molecule has 0 radical (unpaired) electrons. The average Bonchev–Trinajstić information content (AvgIpc) is 2.85. The van der Waals surface area contributed by atoms with Crippen LogP contribution >= 0.6 is 0 Å². The Morgan fingerprint density at radius 1 is 1.37 bits per heavy atom. The summed E-state index contributed by atoms with van der Waals surface area (Å²) in [6.45, 7) is 0. The summed E-state index contributed by atoms with van der Waals surface area (Å²) in [4.78, 5) is 31.1. The van der Waals surface area contributed by atoms with Crippen LogP contribution in [0.15, 0.2) is 30.7 Å². The molecule has 0 saturated carbocycles. The maximum atomic E-state index is 12.2. The van der Waals surface area contributed by atoms with Gasteiger partial charge in [-0.15, -0.1) is 0 Å². The van der Waals surface area contributed by atoms with Crippen LogP contribution in [0.2, 0.25) is 0 Å². The smallest absolute Gasteiger partial charge is 0.257 e. The number of aromatic nitrogens is 2. The lowest BCUT2D eigenvalue weighted by Crippen LogP contribution is -2.17. The molecule has 1 amide bonds. The molecule has 0 bridgehead atoms. The van der Waals surface area contributed by atoms with Crippen molar-refractivity contribution in [1.82, 2.24) is 9.97 Å². The lowest BCUT2D eigenvalue weighted by molar-refractivity contribution is 0.0956. The molecule has 1 aliphatic carbocycles. The van der Waals surface area contributed by atoms with E-state index in [9.17, 15) is 9.59 Å². The minimum Gasteiger partial charge on any atom is -0.364 e. The highest BCUT2D eigenvalue weighted by atomic mass is 16.2. The number of nitrogens with zero attached hydrogens (tertiary/aromatic N) is 1.